The van der Waals surface area contributed by atoms with Crippen LogP contribution in [0.3, 0.4) is 0 Å². The number of carbonyl (C=O) groups is 1. The van der Waals surface area contributed by atoms with Gasteiger partial charge in [-0.3, -0.25) is 4.79 Å². The fraction of sp³-hybridized carbons (Fsp3) is 0.138. The minimum absolute atomic E-state index is 0.216. The number of aryl methyl sites for hydroxylation is 2. The number of fused-ring (bicyclic) bond motifs is 1. The number of amides is 1. The minimum atomic E-state index is -0.288. The van der Waals surface area contributed by atoms with E-state index in [4.69, 9.17) is 16.6 Å². The highest BCUT2D eigenvalue weighted by Crippen LogP contribution is 2.25. The van der Waals surface area contributed by atoms with Gasteiger partial charge in [0.05, 0.1) is 12.2 Å². The monoisotopic (exact) mass is 480 g/mol. The second-order valence-corrected chi connectivity index (χ2v) is 9.03. The molecule has 0 spiro atoms. The number of hydrogen-bond acceptors (Lipinski definition) is 3. The van der Waals surface area contributed by atoms with E-state index in [0.29, 0.717) is 22.7 Å². The first kappa shape index (κ1) is 22.8. The van der Waals surface area contributed by atoms with Crippen LogP contribution < -0.4 is 5.32 Å². The molecule has 5 rings (SSSR count). The smallest absolute Gasteiger partial charge is 0.257 e. The fourth-order valence-electron chi connectivity index (χ4n) is 4.44. The summed E-state index contributed by atoms with van der Waals surface area (Å²) < 4.78 is 1.75. The van der Waals surface area contributed by atoms with Gasteiger partial charge >= 0.3 is 0 Å². The second kappa shape index (κ2) is 9.72. The van der Waals surface area contributed by atoms with Gasteiger partial charge in [0.15, 0.2) is 5.65 Å². The van der Waals surface area contributed by atoms with Crippen molar-refractivity contribution in [3.63, 3.8) is 0 Å². The Labute approximate surface area is 209 Å². The zero-order chi connectivity index (χ0) is 24.4. The number of hydrogen-bond donors (Lipinski definition) is 1. The first-order valence-corrected chi connectivity index (χ1v) is 11.9. The van der Waals surface area contributed by atoms with E-state index in [2.05, 4.69) is 10.4 Å². The molecule has 0 aliphatic heterocycles. The Kier molecular flexibility index (Phi) is 6.34. The van der Waals surface area contributed by atoms with Crippen LogP contribution in [0.15, 0.2) is 91.1 Å². The summed E-state index contributed by atoms with van der Waals surface area (Å²) in [6, 6.07) is 27.4. The molecule has 5 nitrogen and oxygen atoms in total. The molecular formula is C29H25ClN4O. The van der Waals surface area contributed by atoms with E-state index in [1.165, 1.54) is 0 Å². The van der Waals surface area contributed by atoms with Gasteiger partial charge in [0.2, 0.25) is 0 Å². The Morgan fingerprint density at radius 1 is 0.943 bits per heavy atom. The quantitative estimate of drug-likeness (QED) is 0.319. The van der Waals surface area contributed by atoms with Crippen LogP contribution >= 0.6 is 11.6 Å². The Bertz CT molecular complexity index is 1460. The standard InChI is InChI=1S/C29H25ClN4O/c1-19-25(17-21-10-9-15-24(30)16-21)20(2)34-28(32-19)26(18-31-34)29(35)33-27(22-11-5-3-6-12-22)23-13-7-4-8-14-23/h3-16,18,27H,17H2,1-2H3,(H,33,35). The van der Waals surface area contributed by atoms with Gasteiger partial charge in [-0.1, -0.05) is 84.4 Å². The maximum Gasteiger partial charge on any atom is 0.257 e. The maximum atomic E-state index is 13.5. The third-order valence-corrected chi connectivity index (χ3v) is 6.50. The largest absolute Gasteiger partial charge is 0.341 e. The van der Waals surface area contributed by atoms with Crippen molar-refractivity contribution in [1.82, 2.24) is 19.9 Å². The number of nitrogens with zero attached hydrogens (tertiary/aromatic N) is 3. The van der Waals surface area contributed by atoms with Gasteiger partial charge in [-0.15, -0.1) is 0 Å². The Balaban J connectivity index is 1.49. The number of nitrogens with one attached hydrogen (secondary N) is 1. The van der Waals surface area contributed by atoms with Gasteiger partial charge in [-0.2, -0.15) is 5.10 Å². The van der Waals surface area contributed by atoms with E-state index in [0.717, 1.165) is 33.6 Å². The minimum Gasteiger partial charge on any atom is -0.341 e. The van der Waals surface area contributed by atoms with Gasteiger partial charge in [0.25, 0.3) is 5.91 Å². The molecule has 5 aromatic rings. The lowest BCUT2D eigenvalue weighted by Crippen LogP contribution is -2.29. The van der Waals surface area contributed by atoms with Crippen molar-refractivity contribution in [1.29, 1.82) is 0 Å². The molecule has 3 aromatic carbocycles. The summed E-state index contributed by atoms with van der Waals surface area (Å²) in [5, 5.41) is 8.42. The van der Waals surface area contributed by atoms with Crippen LogP contribution in [0.4, 0.5) is 0 Å². The second-order valence-electron chi connectivity index (χ2n) is 8.59. The topological polar surface area (TPSA) is 59.3 Å². The zero-order valence-corrected chi connectivity index (χ0v) is 20.3. The van der Waals surface area contributed by atoms with Gasteiger partial charge in [-0.05, 0) is 48.2 Å². The van der Waals surface area contributed by atoms with Crippen molar-refractivity contribution in [3.05, 3.63) is 135 Å². The van der Waals surface area contributed by atoms with Crippen LogP contribution in [0.2, 0.25) is 5.02 Å². The third-order valence-electron chi connectivity index (χ3n) is 6.26. The van der Waals surface area contributed by atoms with E-state index >= 15 is 0 Å². The molecule has 2 heterocycles. The van der Waals surface area contributed by atoms with Gasteiger partial charge in [0, 0.05) is 22.8 Å². The first-order valence-electron chi connectivity index (χ1n) is 11.5. The number of rotatable bonds is 6. The molecule has 6 heteroatoms. The Morgan fingerprint density at radius 2 is 1.60 bits per heavy atom. The molecule has 0 aliphatic rings. The van der Waals surface area contributed by atoms with Crippen LogP contribution in [0.5, 0.6) is 0 Å². The van der Waals surface area contributed by atoms with Gasteiger partial charge in [0.1, 0.15) is 5.56 Å². The molecule has 0 atom stereocenters. The van der Waals surface area contributed by atoms with E-state index in [-0.39, 0.29) is 11.9 Å². The van der Waals surface area contributed by atoms with Crippen molar-refractivity contribution < 1.29 is 4.79 Å². The van der Waals surface area contributed by atoms with E-state index in [9.17, 15) is 4.79 Å². The van der Waals surface area contributed by atoms with Crippen molar-refractivity contribution in [3.8, 4) is 0 Å². The van der Waals surface area contributed by atoms with Crippen LogP contribution in [0, 0.1) is 13.8 Å². The van der Waals surface area contributed by atoms with Crippen LogP contribution in [-0.2, 0) is 6.42 Å². The summed E-state index contributed by atoms with van der Waals surface area (Å²) >= 11 is 6.18. The molecule has 0 saturated heterocycles. The molecule has 2 aromatic heterocycles. The SMILES string of the molecule is Cc1nc2c(C(=O)NC(c3ccccc3)c3ccccc3)cnn2c(C)c1Cc1cccc(Cl)c1. The van der Waals surface area contributed by atoms with E-state index in [1.54, 1.807) is 10.7 Å². The average molecular weight is 481 g/mol. The molecule has 0 unspecified atom stereocenters. The summed E-state index contributed by atoms with van der Waals surface area (Å²) in [4.78, 5) is 18.3. The normalized spacial score (nSPS) is 11.2. The van der Waals surface area contributed by atoms with Gasteiger partial charge in [-0.25, -0.2) is 9.50 Å². The summed E-state index contributed by atoms with van der Waals surface area (Å²) in [5.41, 5.74) is 7.00. The van der Waals surface area contributed by atoms with Crippen molar-refractivity contribution in [2.75, 3.05) is 0 Å². The molecule has 0 aliphatic carbocycles. The first-order chi connectivity index (χ1) is 17.0. The third kappa shape index (κ3) is 4.68. The van der Waals surface area contributed by atoms with E-state index < -0.39 is 0 Å². The number of benzene rings is 3. The summed E-state index contributed by atoms with van der Waals surface area (Å²) in [6.45, 7) is 3.98. The summed E-state index contributed by atoms with van der Waals surface area (Å²) in [7, 11) is 0. The van der Waals surface area contributed by atoms with Crippen molar-refractivity contribution >= 4 is 23.2 Å². The van der Waals surface area contributed by atoms with Crippen LogP contribution in [0.1, 0.15) is 50.0 Å². The predicted octanol–water partition coefficient (Wildman–Crippen LogP) is 6.11. The fourth-order valence-corrected chi connectivity index (χ4v) is 4.65. The average Bonchev–Trinajstić information content (AvgIpc) is 3.30. The molecule has 0 saturated carbocycles. The predicted molar refractivity (Wildman–Crippen MR) is 139 cm³/mol. The molecule has 0 radical (unpaired) electrons. The Hall–Kier alpha value is -3.96. The summed E-state index contributed by atoms with van der Waals surface area (Å²) in [6.07, 6.45) is 2.28. The lowest BCUT2D eigenvalue weighted by molar-refractivity contribution is 0.0944. The van der Waals surface area contributed by atoms with Crippen molar-refractivity contribution in [2.24, 2.45) is 0 Å². The molecular weight excluding hydrogens is 456 g/mol. The van der Waals surface area contributed by atoms with Gasteiger partial charge < -0.3 is 5.32 Å². The lowest BCUT2D eigenvalue weighted by Gasteiger charge is -2.19. The number of halogens is 1. The van der Waals surface area contributed by atoms with Crippen molar-refractivity contribution in [2.45, 2.75) is 26.3 Å². The zero-order valence-electron chi connectivity index (χ0n) is 19.6. The molecule has 1 N–H and O–H groups in total. The number of carbonyl (C=O) groups excluding carboxylic acids is 1. The molecule has 1 amide bonds. The summed E-state index contributed by atoms with van der Waals surface area (Å²) in [5.74, 6) is -0.216. The van der Waals surface area contributed by atoms with Crippen LogP contribution in [0.25, 0.3) is 5.65 Å². The Morgan fingerprint density at radius 3 is 2.23 bits per heavy atom. The lowest BCUT2D eigenvalue weighted by atomic mass is 9.98. The highest BCUT2D eigenvalue weighted by atomic mass is 35.5. The molecule has 174 valence electrons. The number of aromatic nitrogens is 3. The maximum absolute atomic E-state index is 13.5. The molecule has 0 bridgehead atoms. The molecule has 0 fully saturated rings. The van der Waals surface area contributed by atoms with E-state index in [1.807, 2.05) is 98.8 Å². The van der Waals surface area contributed by atoms with Crippen LogP contribution in [-0.4, -0.2) is 20.5 Å². The molecule has 35 heavy (non-hydrogen) atoms. The highest BCUT2D eigenvalue weighted by Gasteiger charge is 2.22. The highest BCUT2D eigenvalue weighted by molar-refractivity contribution is 6.30.